The number of fused-ring (bicyclic) bond motifs is 3. The van der Waals surface area contributed by atoms with E-state index in [-0.39, 0.29) is 11.4 Å². The molecule has 0 spiro atoms. The highest BCUT2D eigenvalue weighted by Crippen LogP contribution is 2.50. The summed E-state index contributed by atoms with van der Waals surface area (Å²) in [5, 5.41) is 0.806. The van der Waals surface area contributed by atoms with E-state index < -0.39 is 11.9 Å². The largest absolute Gasteiger partial charge is 0.455 e. The first-order valence-corrected chi connectivity index (χ1v) is 9.88. The second-order valence-electron chi connectivity index (χ2n) is 7.79. The predicted molar refractivity (Wildman–Crippen MR) is 116 cm³/mol. The Hall–Kier alpha value is -3.54. The van der Waals surface area contributed by atoms with E-state index in [1.165, 1.54) is 18.5 Å². The van der Waals surface area contributed by atoms with Gasteiger partial charge in [0, 0.05) is 10.9 Å². The molecular formula is C25H19F3N2O. The van der Waals surface area contributed by atoms with Crippen molar-refractivity contribution in [1.82, 2.24) is 4.57 Å². The lowest BCUT2D eigenvalue weighted by Gasteiger charge is -2.35. The zero-order chi connectivity index (χ0) is 21.8. The third-order valence-electron chi connectivity index (χ3n) is 5.60. The Kier molecular flexibility index (Phi) is 4.22. The Morgan fingerprint density at radius 3 is 2.23 bits per heavy atom. The van der Waals surface area contributed by atoms with Crippen molar-refractivity contribution < 1.29 is 17.9 Å². The molecule has 0 N–H and O–H groups in total. The first-order chi connectivity index (χ1) is 14.8. The first-order valence-electron chi connectivity index (χ1n) is 9.88. The number of ether oxygens (including phenoxy) is 1. The van der Waals surface area contributed by atoms with Gasteiger partial charge in [-0.3, -0.25) is 4.57 Å². The number of alkyl halides is 3. The number of hydrogen-bond donors (Lipinski definition) is 0. The highest BCUT2D eigenvalue weighted by Gasteiger charge is 2.61. The van der Waals surface area contributed by atoms with Crippen LogP contribution in [-0.2, 0) is 5.72 Å². The second-order valence-corrected chi connectivity index (χ2v) is 7.79. The van der Waals surface area contributed by atoms with Crippen LogP contribution in [0.25, 0.3) is 22.0 Å². The number of halogens is 3. The summed E-state index contributed by atoms with van der Waals surface area (Å²) in [6.45, 7) is 3.76. The molecule has 3 aromatic carbocycles. The molecule has 1 aliphatic rings. The van der Waals surface area contributed by atoms with Gasteiger partial charge in [0.25, 0.3) is 0 Å². The molecule has 6 heteroatoms. The minimum Gasteiger partial charge on any atom is -0.436 e. The average molecular weight is 420 g/mol. The summed E-state index contributed by atoms with van der Waals surface area (Å²) < 4.78 is 50.9. The number of benzene rings is 3. The third-order valence-corrected chi connectivity index (χ3v) is 5.60. The fourth-order valence-electron chi connectivity index (χ4n) is 4.01. The predicted octanol–water partition coefficient (Wildman–Crippen LogP) is 6.61. The van der Waals surface area contributed by atoms with Crippen LogP contribution in [0.3, 0.4) is 0 Å². The van der Waals surface area contributed by atoms with Gasteiger partial charge < -0.3 is 4.74 Å². The highest BCUT2D eigenvalue weighted by molar-refractivity contribution is 6.03. The van der Waals surface area contributed by atoms with Gasteiger partial charge in [0.2, 0.25) is 5.88 Å². The minimum absolute atomic E-state index is 0.0615. The van der Waals surface area contributed by atoms with E-state index >= 15 is 0 Å². The topological polar surface area (TPSA) is 26.5 Å². The van der Waals surface area contributed by atoms with Crippen molar-refractivity contribution in [2.45, 2.75) is 25.7 Å². The molecule has 0 saturated carbocycles. The monoisotopic (exact) mass is 420 g/mol. The van der Waals surface area contributed by atoms with E-state index in [0.29, 0.717) is 5.56 Å². The second kappa shape index (κ2) is 6.74. The van der Waals surface area contributed by atoms with Gasteiger partial charge in [0.15, 0.2) is 0 Å². The van der Waals surface area contributed by atoms with E-state index in [4.69, 9.17) is 4.74 Å². The molecule has 1 unspecified atom stereocenters. The Morgan fingerprint density at radius 2 is 1.55 bits per heavy atom. The van der Waals surface area contributed by atoms with E-state index in [1.54, 1.807) is 16.7 Å². The van der Waals surface area contributed by atoms with Crippen LogP contribution in [0.1, 0.15) is 16.7 Å². The lowest BCUT2D eigenvalue weighted by molar-refractivity contribution is -0.253. The molecule has 0 bridgehead atoms. The van der Waals surface area contributed by atoms with Crippen LogP contribution >= 0.6 is 0 Å². The van der Waals surface area contributed by atoms with E-state index in [2.05, 4.69) is 4.99 Å². The molecule has 5 rings (SSSR count). The van der Waals surface area contributed by atoms with E-state index in [0.717, 1.165) is 27.6 Å². The van der Waals surface area contributed by atoms with Crippen molar-refractivity contribution in [2.24, 2.45) is 4.99 Å². The SMILES string of the molecule is Cc1ccc(C2(C(F)(F)F)N=Cn3c(c(-c4ccccc4)c4ccc(C)cc43)O2)cc1. The van der Waals surface area contributed by atoms with Gasteiger partial charge in [-0.15, -0.1) is 0 Å². The third kappa shape index (κ3) is 2.93. The molecule has 4 aromatic rings. The summed E-state index contributed by atoms with van der Waals surface area (Å²) in [7, 11) is 0. The smallest absolute Gasteiger partial charge is 0.436 e. The summed E-state index contributed by atoms with van der Waals surface area (Å²) in [5.74, 6) is 0.125. The van der Waals surface area contributed by atoms with Crippen LogP contribution in [0.4, 0.5) is 13.2 Å². The fraction of sp³-hybridized carbons (Fsp3) is 0.160. The number of aromatic nitrogens is 1. The molecule has 2 heterocycles. The van der Waals surface area contributed by atoms with Crippen LogP contribution < -0.4 is 4.74 Å². The molecule has 3 nitrogen and oxygen atoms in total. The molecule has 0 saturated heterocycles. The summed E-state index contributed by atoms with van der Waals surface area (Å²) >= 11 is 0. The average Bonchev–Trinajstić information content (AvgIpc) is 3.06. The summed E-state index contributed by atoms with van der Waals surface area (Å²) in [5.41, 5.74) is 1.11. The maximum Gasteiger partial charge on any atom is 0.455 e. The zero-order valence-corrected chi connectivity index (χ0v) is 16.9. The van der Waals surface area contributed by atoms with Gasteiger partial charge in [-0.25, -0.2) is 4.99 Å². The zero-order valence-electron chi connectivity index (χ0n) is 16.9. The Morgan fingerprint density at radius 1 is 0.871 bits per heavy atom. The Balaban J connectivity index is 1.81. The number of aryl methyl sites for hydroxylation is 2. The standard InChI is InChI=1S/C25H19F3N2O/c1-16-8-11-19(12-9-16)24(25(26,27)28)29-15-30-21-14-17(2)10-13-20(21)22(23(30)31-24)18-6-4-3-5-7-18/h3-15H,1-2H3. The van der Waals surface area contributed by atoms with Gasteiger partial charge in [0.05, 0.1) is 11.1 Å². The van der Waals surface area contributed by atoms with Gasteiger partial charge in [-0.1, -0.05) is 72.3 Å². The number of aliphatic imine (C=N–C) groups is 1. The molecular weight excluding hydrogens is 401 g/mol. The molecule has 0 radical (unpaired) electrons. The number of rotatable bonds is 2. The summed E-state index contributed by atoms with van der Waals surface area (Å²) in [6, 6.07) is 21.2. The molecule has 1 atom stereocenters. The van der Waals surface area contributed by atoms with Crippen LogP contribution in [0, 0.1) is 13.8 Å². The molecule has 0 aliphatic carbocycles. The number of hydrogen-bond acceptors (Lipinski definition) is 2. The van der Waals surface area contributed by atoms with Crippen molar-refractivity contribution in [3.05, 3.63) is 89.5 Å². The molecule has 1 aromatic heterocycles. The molecule has 0 amide bonds. The van der Waals surface area contributed by atoms with Crippen LogP contribution in [0.2, 0.25) is 0 Å². The van der Waals surface area contributed by atoms with E-state index in [1.807, 2.05) is 62.4 Å². The van der Waals surface area contributed by atoms with Crippen molar-refractivity contribution in [2.75, 3.05) is 0 Å². The number of nitrogens with zero attached hydrogens (tertiary/aromatic N) is 2. The normalized spacial score (nSPS) is 18.1. The van der Waals surface area contributed by atoms with Crippen molar-refractivity contribution in [3.8, 4) is 17.0 Å². The quantitative estimate of drug-likeness (QED) is 0.358. The van der Waals surface area contributed by atoms with Gasteiger partial charge >= 0.3 is 11.9 Å². The Bertz CT molecular complexity index is 1300. The lowest BCUT2D eigenvalue weighted by atomic mass is 10.00. The highest BCUT2D eigenvalue weighted by atomic mass is 19.4. The molecule has 31 heavy (non-hydrogen) atoms. The van der Waals surface area contributed by atoms with Crippen molar-refractivity contribution in [1.29, 1.82) is 0 Å². The molecule has 156 valence electrons. The molecule has 1 aliphatic heterocycles. The minimum atomic E-state index is -4.76. The summed E-state index contributed by atoms with van der Waals surface area (Å²) in [6.07, 6.45) is -3.52. The lowest BCUT2D eigenvalue weighted by Crippen LogP contribution is -2.48. The Labute approximate surface area is 177 Å². The van der Waals surface area contributed by atoms with Crippen LogP contribution in [-0.4, -0.2) is 17.1 Å². The van der Waals surface area contributed by atoms with Crippen molar-refractivity contribution in [3.63, 3.8) is 0 Å². The van der Waals surface area contributed by atoms with Gasteiger partial charge in [-0.2, -0.15) is 13.2 Å². The van der Waals surface area contributed by atoms with Gasteiger partial charge in [-0.05, 0) is 31.0 Å². The van der Waals surface area contributed by atoms with E-state index in [9.17, 15) is 13.2 Å². The fourth-order valence-corrected chi connectivity index (χ4v) is 4.01. The van der Waals surface area contributed by atoms with Crippen LogP contribution in [0.5, 0.6) is 5.88 Å². The maximum atomic E-state index is 14.5. The maximum absolute atomic E-state index is 14.5. The van der Waals surface area contributed by atoms with Crippen molar-refractivity contribution >= 4 is 17.2 Å². The molecule has 0 fully saturated rings. The summed E-state index contributed by atoms with van der Waals surface area (Å²) in [4.78, 5) is 3.95. The van der Waals surface area contributed by atoms with Crippen LogP contribution in [0.15, 0.2) is 77.8 Å². The van der Waals surface area contributed by atoms with Gasteiger partial charge in [0.1, 0.15) is 6.34 Å². The first kappa shape index (κ1) is 19.4.